The smallest absolute Gasteiger partial charge is 0.326 e. The molecular weight excluding hydrogens is 317 g/mol. The molecule has 0 spiro atoms. The third-order valence-electron chi connectivity index (χ3n) is 3.02. The Hall–Kier alpha value is -1.66. The highest BCUT2D eigenvalue weighted by Crippen LogP contribution is 2.35. The van der Waals surface area contributed by atoms with Gasteiger partial charge in [-0.25, -0.2) is 9.18 Å². The van der Waals surface area contributed by atoms with Gasteiger partial charge in [-0.3, -0.25) is 4.79 Å². The number of halogens is 2. The van der Waals surface area contributed by atoms with Crippen molar-refractivity contribution < 1.29 is 19.1 Å². The molecule has 0 aliphatic rings. The minimum absolute atomic E-state index is 0.184. The van der Waals surface area contributed by atoms with E-state index in [1.807, 2.05) is 0 Å². The number of carboxylic acids is 1. The van der Waals surface area contributed by atoms with Gasteiger partial charge in [-0.2, -0.15) is 0 Å². The molecule has 1 aromatic heterocycles. The van der Waals surface area contributed by atoms with Crippen molar-refractivity contribution in [3.8, 4) is 0 Å². The molecule has 1 heterocycles. The fourth-order valence-corrected chi connectivity index (χ4v) is 3.35. The van der Waals surface area contributed by atoms with E-state index in [2.05, 4.69) is 5.32 Å². The quantitative estimate of drug-likeness (QED) is 0.901. The Bertz CT molecular complexity index is 714. The summed E-state index contributed by atoms with van der Waals surface area (Å²) in [6, 6.07) is 3.05. The number of fused-ring (bicyclic) bond motifs is 1. The number of rotatable bonds is 4. The topological polar surface area (TPSA) is 66.4 Å². The number of hydrogen-bond acceptors (Lipinski definition) is 3. The summed E-state index contributed by atoms with van der Waals surface area (Å²) in [6.45, 7) is 3.39. The second-order valence-corrected chi connectivity index (χ2v) is 6.35. The second-order valence-electron chi connectivity index (χ2n) is 4.92. The van der Waals surface area contributed by atoms with Crippen molar-refractivity contribution in [3.63, 3.8) is 0 Å². The number of nitrogens with one attached hydrogen (secondary N) is 1. The van der Waals surface area contributed by atoms with E-state index in [4.69, 9.17) is 16.7 Å². The summed E-state index contributed by atoms with van der Waals surface area (Å²) in [5, 5.41) is 12.3. The summed E-state index contributed by atoms with van der Waals surface area (Å²) >= 11 is 7.16. The van der Waals surface area contributed by atoms with E-state index in [0.29, 0.717) is 10.1 Å². The lowest BCUT2D eigenvalue weighted by Crippen LogP contribution is -2.44. The van der Waals surface area contributed by atoms with Gasteiger partial charge < -0.3 is 10.4 Å². The molecule has 4 nitrogen and oxygen atoms in total. The molecule has 0 saturated carbocycles. The Labute approximate surface area is 129 Å². The first kappa shape index (κ1) is 15.7. The summed E-state index contributed by atoms with van der Waals surface area (Å²) in [5.41, 5.74) is 0. The van der Waals surface area contributed by atoms with E-state index < -0.39 is 23.7 Å². The van der Waals surface area contributed by atoms with Crippen LogP contribution in [0.3, 0.4) is 0 Å². The number of hydrogen-bond donors (Lipinski definition) is 2. The molecule has 112 valence electrons. The van der Waals surface area contributed by atoms with E-state index in [0.717, 1.165) is 11.3 Å². The van der Waals surface area contributed by atoms with Crippen LogP contribution < -0.4 is 5.32 Å². The van der Waals surface area contributed by atoms with Gasteiger partial charge in [0.1, 0.15) is 16.7 Å². The Morgan fingerprint density at radius 3 is 2.62 bits per heavy atom. The van der Waals surface area contributed by atoms with Crippen molar-refractivity contribution in [3.05, 3.63) is 33.9 Å². The average molecular weight is 330 g/mol. The fraction of sp³-hybridized carbons (Fsp3) is 0.286. The lowest BCUT2D eigenvalue weighted by atomic mass is 10.0. The van der Waals surface area contributed by atoms with Gasteiger partial charge in [0.2, 0.25) is 0 Å². The molecule has 2 rings (SSSR count). The summed E-state index contributed by atoms with van der Waals surface area (Å²) in [6.07, 6.45) is 0. The molecule has 2 aromatic rings. The van der Waals surface area contributed by atoms with Crippen molar-refractivity contribution in [1.29, 1.82) is 0 Å². The van der Waals surface area contributed by atoms with Crippen molar-refractivity contribution in [2.75, 3.05) is 0 Å². The highest BCUT2D eigenvalue weighted by atomic mass is 35.5. The molecule has 0 unspecified atom stereocenters. The number of carbonyl (C=O) groups excluding carboxylic acids is 1. The minimum Gasteiger partial charge on any atom is -0.480 e. The van der Waals surface area contributed by atoms with E-state index in [1.54, 1.807) is 13.8 Å². The minimum atomic E-state index is -1.11. The largest absolute Gasteiger partial charge is 0.480 e. The molecule has 0 radical (unpaired) electrons. The van der Waals surface area contributed by atoms with Crippen LogP contribution >= 0.6 is 22.9 Å². The predicted octanol–water partition coefficient (Wildman–Crippen LogP) is 3.53. The molecule has 0 fully saturated rings. The molecule has 2 N–H and O–H groups in total. The number of aliphatic carboxylic acids is 1. The van der Waals surface area contributed by atoms with Crippen LogP contribution in [0.15, 0.2) is 18.2 Å². The first-order valence-corrected chi connectivity index (χ1v) is 7.42. The maximum atomic E-state index is 13.2. The van der Waals surface area contributed by atoms with E-state index in [1.165, 1.54) is 18.2 Å². The molecule has 0 saturated heterocycles. The molecule has 7 heteroatoms. The van der Waals surface area contributed by atoms with Crippen molar-refractivity contribution >= 4 is 44.9 Å². The van der Waals surface area contributed by atoms with Crippen LogP contribution in [0, 0.1) is 11.7 Å². The van der Waals surface area contributed by atoms with Gasteiger partial charge in [0.05, 0.1) is 5.02 Å². The monoisotopic (exact) mass is 329 g/mol. The maximum Gasteiger partial charge on any atom is 0.326 e. The zero-order chi connectivity index (χ0) is 15.7. The Morgan fingerprint density at radius 1 is 1.38 bits per heavy atom. The molecule has 21 heavy (non-hydrogen) atoms. The molecule has 1 aromatic carbocycles. The van der Waals surface area contributed by atoms with Gasteiger partial charge >= 0.3 is 5.97 Å². The van der Waals surface area contributed by atoms with Crippen LogP contribution in [0.1, 0.15) is 23.5 Å². The van der Waals surface area contributed by atoms with Crippen LogP contribution in [0.25, 0.3) is 10.1 Å². The SMILES string of the molecule is CC(C)[C@H](NC(=O)c1sc2cc(F)ccc2c1Cl)C(=O)O. The summed E-state index contributed by atoms with van der Waals surface area (Å²) < 4.78 is 13.7. The van der Waals surface area contributed by atoms with Crippen LogP contribution in [0.4, 0.5) is 4.39 Å². The zero-order valence-corrected chi connectivity index (χ0v) is 12.9. The van der Waals surface area contributed by atoms with Gasteiger partial charge in [0.25, 0.3) is 5.91 Å². The summed E-state index contributed by atoms with van der Waals surface area (Å²) in [5.74, 6) is -2.36. The highest BCUT2D eigenvalue weighted by molar-refractivity contribution is 7.21. The van der Waals surface area contributed by atoms with Crippen molar-refractivity contribution in [2.45, 2.75) is 19.9 Å². The number of carbonyl (C=O) groups is 2. The zero-order valence-electron chi connectivity index (χ0n) is 11.3. The van der Waals surface area contributed by atoms with E-state index >= 15 is 0 Å². The third-order valence-corrected chi connectivity index (χ3v) is 4.67. The van der Waals surface area contributed by atoms with Gasteiger partial charge in [-0.05, 0) is 24.1 Å². The second kappa shape index (κ2) is 5.99. The number of amides is 1. The van der Waals surface area contributed by atoms with Crippen LogP contribution in [0.2, 0.25) is 5.02 Å². The lowest BCUT2D eigenvalue weighted by Gasteiger charge is -2.17. The predicted molar refractivity (Wildman–Crippen MR) is 80.5 cm³/mol. The third kappa shape index (κ3) is 3.16. The van der Waals surface area contributed by atoms with Gasteiger partial charge in [-0.15, -0.1) is 11.3 Å². The van der Waals surface area contributed by atoms with Crippen molar-refractivity contribution in [1.82, 2.24) is 5.32 Å². The van der Waals surface area contributed by atoms with Gasteiger partial charge in [0.15, 0.2) is 0 Å². The van der Waals surface area contributed by atoms with E-state index in [-0.39, 0.29) is 15.8 Å². The summed E-state index contributed by atoms with van der Waals surface area (Å²) in [4.78, 5) is 23.5. The Morgan fingerprint density at radius 2 is 2.05 bits per heavy atom. The fourth-order valence-electron chi connectivity index (χ4n) is 1.91. The molecular formula is C14H13ClFNO3S. The van der Waals surface area contributed by atoms with Gasteiger partial charge in [0, 0.05) is 10.1 Å². The molecule has 0 bridgehead atoms. The Kier molecular flexibility index (Phi) is 4.49. The standard InChI is InChI=1S/C14H13ClFNO3S/c1-6(2)11(14(19)20)17-13(18)12-10(15)8-4-3-7(16)5-9(8)21-12/h3-6,11H,1-2H3,(H,17,18)(H,19,20)/t11-/m0/s1. The molecule has 0 aliphatic heterocycles. The van der Waals surface area contributed by atoms with Crippen molar-refractivity contribution in [2.24, 2.45) is 5.92 Å². The Balaban J connectivity index is 2.35. The highest BCUT2D eigenvalue weighted by Gasteiger charge is 2.26. The normalized spacial score (nSPS) is 12.6. The van der Waals surface area contributed by atoms with Crippen LogP contribution in [-0.4, -0.2) is 23.0 Å². The number of thiophene rings is 1. The van der Waals surface area contributed by atoms with Gasteiger partial charge in [-0.1, -0.05) is 25.4 Å². The molecule has 1 atom stereocenters. The van der Waals surface area contributed by atoms with E-state index in [9.17, 15) is 14.0 Å². The first-order valence-electron chi connectivity index (χ1n) is 6.22. The van der Waals surface area contributed by atoms with Crippen LogP contribution in [0.5, 0.6) is 0 Å². The maximum absolute atomic E-state index is 13.2. The average Bonchev–Trinajstić information content (AvgIpc) is 2.71. The first-order chi connectivity index (χ1) is 9.81. The number of benzene rings is 1. The molecule has 0 aliphatic carbocycles. The number of carboxylic acid groups (broad SMARTS) is 1. The summed E-state index contributed by atoms with van der Waals surface area (Å²) in [7, 11) is 0. The molecule has 1 amide bonds. The van der Waals surface area contributed by atoms with Crippen LogP contribution in [-0.2, 0) is 4.79 Å². The lowest BCUT2D eigenvalue weighted by molar-refractivity contribution is -0.140.